The van der Waals surface area contributed by atoms with Crippen LogP contribution in [-0.2, 0) is 28.7 Å². The minimum atomic E-state index is -1.88. The normalized spacial score (nSPS) is 39.6. The van der Waals surface area contributed by atoms with Crippen molar-refractivity contribution in [2.75, 3.05) is 20.6 Å². The maximum Gasteiger partial charge on any atom is 0.353 e. The zero-order chi connectivity index (χ0) is 28.2. The summed E-state index contributed by atoms with van der Waals surface area (Å²) in [6, 6.07) is -0.940. The molecule has 0 aliphatic carbocycles. The lowest BCUT2D eigenvalue weighted by molar-refractivity contribution is -0.308. The van der Waals surface area contributed by atoms with Gasteiger partial charge in [-0.15, -0.1) is 11.8 Å². The number of likely N-dealkylation sites (N-methyl/N-ethyl adjacent to an activating group) is 1. The van der Waals surface area contributed by atoms with Crippen molar-refractivity contribution in [2.45, 2.75) is 74.4 Å². The van der Waals surface area contributed by atoms with Crippen molar-refractivity contribution in [3.63, 3.8) is 0 Å². The topological polar surface area (TPSA) is 206 Å². The molecule has 3 fully saturated rings. The first kappa shape index (κ1) is 28.7. The Balaban J connectivity index is 1.47. The molecule has 14 nitrogen and oxygen atoms in total. The van der Waals surface area contributed by atoms with E-state index in [9.17, 15) is 44.7 Å². The smallest absolute Gasteiger partial charge is 0.353 e. The summed E-state index contributed by atoms with van der Waals surface area (Å²) in [6.07, 6.45) is -9.45. The summed E-state index contributed by atoms with van der Waals surface area (Å²) in [5, 5.41) is 52.5. The number of aliphatic hydroxyl groups excluding tert-OH is 3. The molecular formula is C23H33N3O11S. The average molecular weight is 560 g/mol. The number of aliphatic carboxylic acids is 2. The quantitative estimate of drug-likeness (QED) is 0.172. The number of fused-ring (bicyclic) bond motifs is 1. The van der Waals surface area contributed by atoms with Crippen molar-refractivity contribution in [1.29, 1.82) is 0 Å². The minimum Gasteiger partial charge on any atom is -0.479 e. The molecule has 0 aromatic heterocycles. The first-order chi connectivity index (χ1) is 17.8. The molecule has 0 saturated carbocycles. The second kappa shape index (κ2) is 10.7. The molecule has 11 atom stereocenters. The Labute approximate surface area is 222 Å². The Morgan fingerprint density at radius 3 is 2.39 bits per heavy atom. The fourth-order valence-electron chi connectivity index (χ4n) is 5.60. The average Bonchev–Trinajstić information content (AvgIpc) is 3.40. The van der Waals surface area contributed by atoms with E-state index in [0.717, 1.165) is 0 Å². The number of nitrogens with one attached hydrogen (secondary N) is 1. The van der Waals surface area contributed by atoms with Crippen LogP contribution in [0.4, 0.5) is 0 Å². The third kappa shape index (κ3) is 4.80. The van der Waals surface area contributed by atoms with Crippen molar-refractivity contribution in [2.24, 2.45) is 11.8 Å². The number of hydrogen-bond acceptors (Lipinski definition) is 11. The van der Waals surface area contributed by atoms with Crippen LogP contribution in [0.5, 0.6) is 0 Å². The molecule has 5 unspecified atom stereocenters. The highest BCUT2D eigenvalue weighted by Crippen LogP contribution is 2.52. The first-order valence-corrected chi connectivity index (χ1v) is 13.1. The summed E-state index contributed by atoms with van der Waals surface area (Å²) < 4.78 is 10.8. The second-order valence-corrected chi connectivity index (χ2v) is 11.6. The predicted octanol–water partition coefficient (Wildman–Crippen LogP) is -2.39. The maximum absolute atomic E-state index is 13.1. The summed E-state index contributed by atoms with van der Waals surface area (Å²) in [7, 11) is 3.33. The number of ether oxygens (including phenoxy) is 2. The van der Waals surface area contributed by atoms with Crippen LogP contribution in [0.1, 0.15) is 20.3 Å². The molecule has 2 amide bonds. The van der Waals surface area contributed by atoms with Gasteiger partial charge in [-0.2, -0.15) is 0 Å². The van der Waals surface area contributed by atoms with E-state index in [0.29, 0.717) is 17.9 Å². The van der Waals surface area contributed by atoms with Gasteiger partial charge in [-0.05, 0) is 13.3 Å². The molecule has 6 N–H and O–H groups in total. The molecule has 4 aliphatic rings. The van der Waals surface area contributed by atoms with Crippen molar-refractivity contribution >= 4 is 35.5 Å². The highest BCUT2D eigenvalue weighted by molar-refractivity contribution is 8.03. The summed E-state index contributed by atoms with van der Waals surface area (Å²) >= 11 is 1.34. The van der Waals surface area contributed by atoms with E-state index < -0.39 is 66.6 Å². The first-order valence-electron chi connectivity index (χ1n) is 12.3. The van der Waals surface area contributed by atoms with E-state index in [2.05, 4.69) is 5.32 Å². The predicted molar refractivity (Wildman–Crippen MR) is 129 cm³/mol. The molecule has 4 heterocycles. The fraction of sp³-hybridized carbons (Fsp3) is 0.739. The lowest BCUT2D eigenvalue weighted by Crippen LogP contribution is -2.66. The molecular weight excluding hydrogens is 526 g/mol. The van der Waals surface area contributed by atoms with Crippen molar-refractivity contribution in [1.82, 2.24) is 15.1 Å². The highest BCUT2D eigenvalue weighted by Gasteiger charge is 2.61. The molecule has 0 radical (unpaired) electrons. The number of carboxylic acid groups (broad SMARTS) is 2. The van der Waals surface area contributed by atoms with Crippen LogP contribution in [-0.4, -0.2) is 134 Å². The Bertz CT molecular complexity index is 1040. The fourth-order valence-corrected chi connectivity index (χ4v) is 7.08. The molecule has 3 saturated heterocycles. The van der Waals surface area contributed by atoms with Gasteiger partial charge in [0.1, 0.15) is 24.0 Å². The second-order valence-electron chi connectivity index (χ2n) is 10.3. The van der Waals surface area contributed by atoms with Gasteiger partial charge in [-0.3, -0.25) is 9.59 Å². The SMILES string of the molecule is C[C@@H](OC1OC(C(=O)O)C(O)C(O)C1O)[C@H]1C(=O)N2C(C(=O)O)=C(S[C@@H]3CN[C@H](C(=O)N(C)C)C3)[C@H](C)[C@H]12. The lowest BCUT2D eigenvalue weighted by Gasteiger charge is -2.48. The van der Waals surface area contributed by atoms with Crippen LogP contribution in [0, 0.1) is 11.8 Å². The Morgan fingerprint density at radius 1 is 1.16 bits per heavy atom. The van der Waals surface area contributed by atoms with Gasteiger partial charge in [0.05, 0.1) is 24.1 Å². The van der Waals surface area contributed by atoms with Crippen LogP contribution in [0.2, 0.25) is 0 Å². The molecule has 0 spiro atoms. The van der Waals surface area contributed by atoms with E-state index in [1.54, 1.807) is 21.0 Å². The minimum absolute atomic E-state index is 0.0695. The number of hydrogen-bond donors (Lipinski definition) is 6. The van der Waals surface area contributed by atoms with E-state index in [4.69, 9.17) is 9.47 Å². The highest BCUT2D eigenvalue weighted by atomic mass is 32.2. The van der Waals surface area contributed by atoms with Crippen LogP contribution < -0.4 is 5.32 Å². The van der Waals surface area contributed by atoms with Gasteiger partial charge in [-0.1, -0.05) is 6.92 Å². The van der Waals surface area contributed by atoms with Gasteiger partial charge in [0.15, 0.2) is 12.4 Å². The number of thioether (sulfide) groups is 1. The Morgan fingerprint density at radius 2 is 1.82 bits per heavy atom. The van der Waals surface area contributed by atoms with Crippen molar-refractivity contribution in [3.8, 4) is 0 Å². The third-order valence-corrected chi connectivity index (χ3v) is 9.09. The van der Waals surface area contributed by atoms with Gasteiger partial charge in [0.2, 0.25) is 11.8 Å². The largest absolute Gasteiger partial charge is 0.479 e. The zero-order valence-corrected chi connectivity index (χ0v) is 22.1. The van der Waals surface area contributed by atoms with E-state index in [-0.39, 0.29) is 28.8 Å². The zero-order valence-electron chi connectivity index (χ0n) is 21.3. The number of β-lactam (4-membered cyclic amide) rings is 1. The summed E-state index contributed by atoms with van der Waals surface area (Å²) in [5.74, 6) is -4.59. The lowest BCUT2D eigenvalue weighted by atomic mass is 9.79. The van der Waals surface area contributed by atoms with E-state index in [1.165, 1.54) is 28.5 Å². The Hall–Kier alpha value is -2.27. The molecule has 15 heteroatoms. The van der Waals surface area contributed by atoms with E-state index in [1.807, 2.05) is 0 Å². The number of carboxylic acids is 2. The van der Waals surface area contributed by atoms with Crippen molar-refractivity contribution in [3.05, 3.63) is 10.6 Å². The van der Waals surface area contributed by atoms with Crippen LogP contribution >= 0.6 is 11.8 Å². The van der Waals surface area contributed by atoms with Gasteiger partial charge in [0.25, 0.3) is 0 Å². The standard InChI is InChI=1S/C23H33N3O11S/c1-7-12-11(8(2)36-23-16(29)14(27)15(28)17(37-23)22(34)35)20(31)26(12)13(21(32)33)18(7)38-9-5-10(24-6-9)19(30)25(3)4/h7-12,14-17,23-24,27-29H,5-6H2,1-4H3,(H,32,33)(H,34,35)/t7-,8-,9+,10+,11-,12-,14?,15?,16?,17?,23?/m1/s1. The molecule has 4 aliphatic heterocycles. The third-order valence-electron chi connectivity index (χ3n) is 7.58. The van der Waals surface area contributed by atoms with Gasteiger partial charge >= 0.3 is 11.9 Å². The molecule has 0 aromatic carbocycles. The van der Waals surface area contributed by atoms with Crippen molar-refractivity contribution < 1.29 is 54.2 Å². The number of carbonyl (C=O) groups is 4. The number of rotatable bonds is 8. The van der Waals surface area contributed by atoms with Gasteiger partial charge < -0.3 is 50.1 Å². The maximum atomic E-state index is 13.1. The van der Waals surface area contributed by atoms with Crippen LogP contribution in [0.15, 0.2) is 10.6 Å². The number of nitrogens with zero attached hydrogens (tertiary/aromatic N) is 2. The summed E-state index contributed by atoms with van der Waals surface area (Å²) in [6.45, 7) is 3.81. The van der Waals surface area contributed by atoms with E-state index >= 15 is 0 Å². The van der Waals surface area contributed by atoms with Gasteiger partial charge in [0, 0.05) is 36.7 Å². The summed E-state index contributed by atoms with van der Waals surface area (Å²) in [4.78, 5) is 52.3. The molecule has 212 valence electrons. The molecule has 0 aromatic rings. The van der Waals surface area contributed by atoms with Crippen LogP contribution in [0.3, 0.4) is 0 Å². The molecule has 38 heavy (non-hydrogen) atoms. The molecule has 4 rings (SSSR count). The monoisotopic (exact) mass is 559 g/mol. The number of aliphatic hydroxyl groups is 3. The Kier molecular flexibility index (Phi) is 8.10. The van der Waals surface area contributed by atoms with Gasteiger partial charge in [-0.25, -0.2) is 9.59 Å². The summed E-state index contributed by atoms with van der Waals surface area (Å²) in [5.41, 5.74) is -0.109. The molecule has 0 bridgehead atoms. The number of carbonyl (C=O) groups excluding carboxylic acids is 2. The van der Waals surface area contributed by atoms with Crippen LogP contribution in [0.25, 0.3) is 0 Å². The number of amides is 2.